The van der Waals surface area contributed by atoms with Gasteiger partial charge in [-0.05, 0) is 67.0 Å². The Labute approximate surface area is 167 Å². The number of allylic oxidation sites excluding steroid dienone is 5. The predicted molar refractivity (Wildman–Crippen MR) is 120 cm³/mol. The number of hydrogen-bond donors (Lipinski definition) is 0. The summed E-state index contributed by atoms with van der Waals surface area (Å²) in [5.74, 6) is 0. The summed E-state index contributed by atoms with van der Waals surface area (Å²) in [5, 5.41) is 2.67. The van der Waals surface area contributed by atoms with Crippen LogP contribution in [-0.4, -0.2) is 0 Å². The van der Waals surface area contributed by atoms with Crippen molar-refractivity contribution in [3.8, 4) is 0 Å². The Hall–Kier alpha value is -3.06. The number of rotatable bonds is 1. The molecule has 1 aliphatic carbocycles. The molecule has 0 atom stereocenters. The number of benzene rings is 3. The van der Waals surface area contributed by atoms with Crippen LogP contribution < -0.4 is 4.90 Å². The highest BCUT2D eigenvalue weighted by molar-refractivity contribution is 6.01. The summed E-state index contributed by atoms with van der Waals surface area (Å²) in [7, 11) is 0. The van der Waals surface area contributed by atoms with E-state index in [1.807, 2.05) is 0 Å². The summed E-state index contributed by atoms with van der Waals surface area (Å²) in [6.07, 6.45) is 13.3. The van der Waals surface area contributed by atoms with Crippen LogP contribution in [0.2, 0.25) is 0 Å². The summed E-state index contributed by atoms with van der Waals surface area (Å²) >= 11 is 0. The number of fused-ring (bicyclic) bond motifs is 4. The van der Waals surface area contributed by atoms with Crippen LogP contribution in [0.3, 0.4) is 0 Å². The van der Waals surface area contributed by atoms with Gasteiger partial charge in [0, 0.05) is 23.2 Å². The van der Waals surface area contributed by atoms with Gasteiger partial charge in [-0.15, -0.1) is 0 Å². The summed E-state index contributed by atoms with van der Waals surface area (Å²) in [5.41, 5.74) is 9.19. The second-order valence-corrected chi connectivity index (χ2v) is 7.73. The third kappa shape index (κ3) is 2.79. The first-order valence-electron chi connectivity index (χ1n) is 10.0. The van der Waals surface area contributed by atoms with Gasteiger partial charge in [0.1, 0.15) is 0 Å². The van der Waals surface area contributed by atoms with Crippen LogP contribution in [0.15, 0.2) is 90.2 Å². The van der Waals surface area contributed by atoms with Crippen LogP contribution in [0.4, 0.5) is 11.4 Å². The normalized spacial score (nSPS) is 16.0. The number of aryl methyl sites for hydroxylation is 3. The largest absolute Gasteiger partial charge is 0.313 e. The second kappa shape index (κ2) is 6.83. The molecule has 137 valence electrons. The highest BCUT2D eigenvalue weighted by atomic mass is 15.2. The molecule has 5 rings (SSSR count). The molecule has 0 saturated heterocycles. The SMILES string of the molecule is Cc1cccc2c(N3C4=CC=CC=C([CH]4)CCc4ccccc43)ccc(C)c12. The van der Waals surface area contributed by atoms with E-state index in [1.54, 1.807) is 0 Å². The van der Waals surface area contributed by atoms with Crippen molar-refractivity contribution in [2.45, 2.75) is 26.7 Å². The summed E-state index contributed by atoms with van der Waals surface area (Å²) in [6, 6.07) is 20.0. The van der Waals surface area contributed by atoms with Gasteiger partial charge < -0.3 is 4.90 Å². The van der Waals surface area contributed by atoms with Gasteiger partial charge in [0.15, 0.2) is 0 Å². The lowest BCUT2D eigenvalue weighted by Crippen LogP contribution is -2.21. The van der Waals surface area contributed by atoms with Crippen LogP contribution in [-0.2, 0) is 6.42 Å². The average Bonchev–Trinajstić information content (AvgIpc) is 2.95. The zero-order valence-electron chi connectivity index (χ0n) is 16.4. The molecule has 28 heavy (non-hydrogen) atoms. The zero-order chi connectivity index (χ0) is 19.1. The fourth-order valence-electron chi connectivity index (χ4n) is 4.52. The van der Waals surface area contributed by atoms with Crippen molar-refractivity contribution >= 4 is 22.1 Å². The molecule has 3 aromatic carbocycles. The van der Waals surface area contributed by atoms with E-state index in [0.29, 0.717) is 0 Å². The molecule has 3 aromatic rings. The van der Waals surface area contributed by atoms with E-state index in [-0.39, 0.29) is 0 Å². The number of anilines is 2. The van der Waals surface area contributed by atoms with Gasteiger partial charge in [-0.1, -0.05) is 66.3 Å². The minimum Gasteiger partial charge on any atom is -0.313 e. The molecule has 0 spiro atoms. The maximum Gasteiger partial charge on any atom is 0.0537 e. The zero-order valence-corrected chi connectivity index (χ0v) is 16.4. The Morgan fingerprint density at radius 1 is 0.714 bits per heavy atom. The van der Waals surface area contributed by atoms with Gasteiger partial charge in [-0.2, -0.15) is 0 Å². The molecule has 0 N–H and O–H groups in total. The van der Waals surface area contributed by atoms with Crippen LogP contribution in [0, 0.1) is 20.3 Å². The Bertz CT molecular complexity index is 1150. The third-order valence-corrected chi connectivity index (χ3v) is 5.87. The first kappa shape index (κ1) is 17.1. The summed E-state index contributed by atoms with van der Waals surface area (Å²) in [6.45, 7) is 4.42. The van der Waals surface area contributed by atoms with Gasteiger partial charge in [0.25, 0.3) is 0 Å². The molecule has 1 heterocycles. The molecule has 1 radical (unpaired) electrons. The maximum absolute atomic E-state index is 2.44. The molecule has 0 fully saturated rings. The molecule has 0 saturated carbocycles. The van der Waals surface area contributed by atoms with E-state index in [1.165, 1.54) is 50.1 Å². The van der Waals surface area contributed by atoms with Gasteiger partial charge in [-0.3, -0.25) is 0 Å². The van der Waals surface area contributed by atoms with Gasteiger partial charge in [0.05, 0.1) is 5.69 Å². The molecule has 1 nitrogen and oxygen atoms in total. The second-order valence-electron chi connectivity index (χ2n) is 7.73. The van der Waals surface area contributed by atoms with Crippen molar-refractivity contribution in [1.82, 2.24) is 0 Å². The van der Waals surface area contributed by atoms with Crippen LogP contribution >= 0.6 is 0 Å². The molecule has 2 aliphatic rings. The van der Waals surface area contributed by atoms with Crippen molar-refractivity contribution in [2.75, 3.05) is 4.90 Å². The van der Waals surface area contributed by atoms with Crippen molar-refractivity contribution in [3.63, 3.8) is 0 Å². The molecule has 0 amide bonds. The fourth-order valence-corrected chi connectivity index (χ4v) is 4.52. The minimum atomic E-state index is 1.05. The van der Waals surface area contributed by atoms with Gasteiger partial charge in [-0.25, -0.2) is 0 Å². The van der Waals surface area contributed by atoms with Crippen LogP contribution in [0.5, 0.6) is 0 Å². The Morgan fingerprint density at radius 2 is 1.54 bits per heavy atom. The third-order valence-electron chi connectivity index (χ3n) is 5.87. The van der Waals surface area contributed by atoms with E-state index >= 15 is 0 Å². The highest BCUT2D eigenvalue weighted by Crippen LogP contribution is 2.42. The first-order valence-corrected chi connectivity index (χ1v) is 10.0. The topological polar surface area (TPSA) is 3.24 Å². The van der Waals surface area contributed by atoms with Crippen LogP contribution in [0.1, 0.15) is 23.1 Å². The Kier molecular flexibility index (Phi) is 4.16. The lowest BCUT2D eigenvalue weighted by molar-refractivity contribution is 0.920. The first-order chi connectivity index (χ1) is 13.7. The molecular weight excluding hydrogens is 338 g/mol. The summed E-state index contributed by atoms with van der Waals surface area (Å²) < 4.78 is 0. The van der Waals surface area contributed by atoms with Crippen molar-refractivity contribution in [2.24, 2.45) is 0 Å². The number of hydrogen-bond acceptors (Lipinski definition) is 1. The molecule has 0 aromatic heterocycles. The maximum atomic E-state index is 2.44. The number of para-hydroxylation sites is 1. The van der Waals surface area contributed by atoms with Crippen molar-refractivity contribution in [1.29, 1.82) is 0 Å². The molecule has 0 unspecified atom stereocenters. The van der Waals surface area contributed by atoms with E-state index in [9.17, 15) is 0 Å². The summed E-state index contributed by atoms with van der Waals surface area (Å²) in [4.78, 5) is 2.44. The molecule has 1 heteroatoms. The molecule has 1 aliphatic heterocycles. The Balaban J connectivity index is 1.83. The average molecular weight is 362 g/mol. The van der Waals surface area contributed by atoms with E-state index in [4.69, 9.17) is 0 Å². The number of nitrogens with zero attached hydrogens (tertiary/aromatic N) is 1. The van der Waals surface area contributed by atoms with Crippen molar-refractivity contribution in [3.05, 3.63) is 113 Å². The quantitative estimate of drug-likeness (QED) is 0.445. The minimum absolute atomic E-state index is 1.05. The van der Waals surface area contributed by atoms with Gasteiger partial charge in [0.2, 0.25) is 0 Å². The fraction of sp³-hybridized carbons (Fsp3) is 0.148. The molecular formula is C27H24N. The smallest absolute Gasteiger partial charge is 0.0537 e. The lowest BCUT2D eigenvalue weighted by Gasteiger charge is -2.33. The van der Waals surface area contributed by atoms with Gasteiger partial charge >= 0.3 is 0 Å². The van der Waals surface area contributed by atoms with E-state index in [2.05, 4.69) is 104 Å². The van der Waals surface area contributed by atoms with Crippen LogP contribution in [0.25, 0.3) is 10.8 Å². The van der Waals surface area contributed by atoms with E-state index in [0.717, 1.165) is 12.8 Å². The lowest BCUT2D eigenvalue weighted by atomic mass is 9.93. The molecule has 2 bridgehead atoms. The predicted octanol–water partition coefficient (Wildman–Crippen LogP) is 7.13. The van der Waals surface area contributed by atoms with E-state index < -0.39 is 0 Å². The Morgan fingerprint density at radius 3 is 2.46 bits per heavy atom. The monoisotopic (exact) mass is 362 g/mol. The standard InChI is InChI=1S/C27H24N/c1-19-8-7-12-24-26(17-14-20(2)27(19)24)28-23-11-5-3-9-21(18-23)15-16-22-10-4-6-13-25(22)28/h3-14,17-18H,15-16H2,1-2H3. The van der Waals surface area contributed by atoms with Crippen molar-refractivity contribution < 1.29 is 0 Å². The highest BCUT2D eigenvalue weighted by Gasteiger charge is 2.23.